The first-order chi connectivity index (χ1) is 26.5. The molecule has 2 aliphatic heterocycles. The van der Waals surface area contributed by atoms with Crippen molar-refractivity contribution in [2.45, 2.75) is 24.9 Å². The van der Waals surface area contributed by atoms with E-state index in [1.54, 1.807) is 88.1 Å². The molecule has 4 aromatic rings. The molecule has 3 amide bonds. The highest BCUT2D eigenvalue weighted by atomic mass is 19.4. The van der Waals surface area contributed by atoms with Crippen molar-refractivity contribution in [1.82, 2.24) is 20.3 Å². The molecule has 6 rings (SSSR count). The fourth-order valence-corrected chi connectivity index (χ4v) is 6.79. The number of hydrogen-bond donors (Lipinski definition) is 2. The Morgan fingerprint density at radius 2 is 1.51 bits per heavy atom. The number of rotatable bonds is 9. The van der Waals surface area contributed by atoms with E-state index in [0.29, 0.717) is 78.6 Å². The number of piperazine rings is 1. The first-order valence-corrected chi connectivity index (χ1v) is 17.8. The van der Waals surface area contributed by atoms with Crippen molar-refractivity contribution < 1.29 is 37.2 Å². The van der Waals surface area contributed by atoms with Crippen molar-refractivity contribution in [3.63, 3.8) is 0 Å². The fraction of sp³-hybridized carbons (Fsp3) is 0.238. The van der Waals surface area contributed by atoms with Gasteiger partial charge in [-0.3, -0.25) is 19.6 Å². The molecule has 2 saturated heterocycles. The van der Waals surface area contributed by atoms with Gasteiger partial charge in [0.25, 0.3) is 5.91 Å². The molecule has 13 heteroatoms. The highest BCUT2D eigenvalue weighted by molar-refractivity contribution is 5.98. The lowest BCUT2D eigenvalue weighted by atomic mass is 9.90. The van der Waals surface area contributed by atoms with Crippen molar-refractivity contribution in [2.75, 3.05) is 44.2 Å². The number of hydrogen-bond acceptors (Lipinski definition) is 6. The molecule has 0 aliphatic carbocycles. The summed E-state index contributed by atoms with van der Waals surface area (Å²) < 4.78 is 53.3. The molecule has 284 valence electrons. The van der Waals surface area contributed by atoms with E-state index in [1.807, 2.05) is 4.90 Å². The lowest BCUT2D eigenvalue weighted by Crippen LogP contribution is -2.48. The van der Waals surface area contributed by atoms with Gasteiger partial charge in [0.2, 0.25) is 11.8 Å². The molecule has 0 bridgehead atoms. The highest BCUT2D eigenvalue weighted by Gasteiger charge is 2.30. The van der Waals surface area contributed by atoms with Gasteiger partial charge in [-0.2, -0.15) is 13.2 Å². The summed E-state index contributed by atoms with van der Waals surface area (Å²) in [6.45, 7) is 2.67. The number of halogens is 4. The summed E-state index contributed by atoms with van der Waals surface area (Å²) in [5.74, 6) is -1.61. The summed E-state index contributed by atoms with van der Waals surface area (Å²) >= 11 is 0. The van der Waals surface area contributed by atoms with Gasteiger partial charge in [0.05, 0.1) is 17.0 Å². The molecule has 0 saturated carbocycles. The zero-order valence-corrected chi connectivity index (χ0v) is 29.8. The number of nitrogens with one attached hydrogen (secondary N) is 1. The molecule has 3 aromatic carbocycles. The topological polar surface area (TPSA) is 106 Å². The van der Waals surface area contributed by atoms with Crippen LogP contribution in [0.4, 0.5) is 23.2 Å². The quantitative estimate of drug-likeness (QED) is 0.0830. The number of hydroxylamine groups is 1. The SMILES string of the molecule is O=C(C=C(c1cccc(C=CC(=O)N2CCN(c3ccc(C(F)(F)F)cc3)CC2)c1)c1cccc(C=CC(=O)N2CCCC(c3ccccc3F)C2)n1)NO. The second-order valence-electron chi connectivity index (χ2n) is 13.3. The number of alkyl halides is 3. The minimum Gasteiger partial charge on any atom is -0.368 e. The number of pyridine rings is 1. The maximum absolute atomic E-state index is 14.4. The second-order valence-corrected chi connectivity index (χ2v) is 13.3. The van der Waals surface area contributed by atoms with Crippen LogP contribution in [0.1, 0.15) is 52.4 Å². The number of nitrogens with zero attached hydrogens (tertiary/aromatic N) is 4. The maximum Gasteiger partial charge on any atom is 0.416 e. The van der Waals surface area contributed by atoms with E-state index in [-0.39, 0.29) is 23.5 Å². The summed E-state index contributed by atoms with van der Waals surface area (Å²) in [6.07, 6.45) is 4.43. The average molecular weight is 754 g/mol. The molecule has 55 heavy (non-hydrogen) atoms. The molecular weight excluding hydrogens is 714 g/mol. The largest absolute Gasteiger partial charge is 0.416 e. The Hall–Kier alpha value is -6.08. The summed E-state index contributed by atoms with van der Waals surface area (Å²) in [5, 5.41) is 9.32. The van der Waals surface area contributed by atoms with E-state index in [1.165, 1.54) is 36.4 Å². The Bertz CT molecular complexity index is 2110. The number of anilines is 1. The lowest BCUT2D eigenvalue weighted by molar-refractivity contribution is -0.137. The van der Waals surface area contributed by atoms with Crippen LogP contribution in [-0.2, 0) is 20.6 Å². The zero-order valence-electron chi connectivity index (χ0n) is 29.8. The van der Waals surface area contributed by atoms with Crippen molar-refractivity contribution in [3.05, 3.63) is 149 Å². The number of amides is 3. The van der Waals surface area contributed by atoms with E-state index in [9.17, 15) is 37.2 Å². The average Bonchev–Trinajstić information content (AvgIpc) is 3.21. The van der Waals surface area contributed by atoms with Gasteiger partial charge in [0.15, 0.2) is 0 Å². The third-order valence-electron chi connectivity index (χ3n) is 9.67. The number of aromatic nitrogens is 1. The molecule has 0 spiro atoms. The Morgan fingerprint density at radius 3 is 2.24 bits per heavy atom. The van der Waals surface area contributed by atoms with Gasteiger partial charge in [-0.05, 0) is 90.2 Å². The Morgan fingerprint density at radius 1 is 0.800 bits per heavy atom. The molecule has 1 unspecified atom stereocenters. The van der Waals surface area contributed by atoms with E-state index in [4.69, 9.17) is 0 Å². The molecule has 9 nitrogen and oxygen atoms in total. The summed E-state index contributed by atoms with van der Waals surface area (Å²) in [6, 6.07) is 23.8. The number of likely N-dealkylation sites (tertiary alicyclic amines) is 1. The van der Waals surface area contributed by atoms with Crippen LogP contribution in [0.5, 0.6) is 0 Å². The summed E-state index contributed by atoms with van der Waals surface area (Å²) in [5.41, 5.74) is 4.59. The molecular formula is C42H39F4N5O4. The minimum absolute atomic E-state index is 0.0951. The van der Waals surface area contributed by atoms with Crippen LogP contribution < -0.4 is 10.4 Å². The Labute approximate surface area is 315 Å². The van der Waals surface area contributed by atoms with Gasteiger partial charge < -0.3 is 14.7 Å². The predicted octanol–water partition coefficient (Wildman–Crippen LogP) is 6.96. The van der Waals surface area contributed by atoms with Crippen LogP contribution >= 0.6 is 0 Å². The van der Waals surface area contributed by atoms with Gasteiger partial charge in [0, 0.05) is 74.7 Å². The van der Waals surface area contributed by atoms with Gasteiger partial charge >= 0.3 is 6.18 Å². The van der Waals surface area contributed by atoms with E-state index < -0.39 is 17.6 Å². The number of piperidine rings is 1. The van der Waals surface area contributed by atoms with Crippen LogP contribution in [0.3, 0.4) is 0 Å². The molecule has 2 aliphatic rings. The van der Waals surface area contributed by atoms with Gasteiger partial charge in [0.1, 0.15) is 5.82 Å². The van der Waals surface area contributed by atoms with Crippen LogP contribution in [0, 0.1) is 5.82 Å². The monoisotopic (exact) mass is 753 g/mol. The standard InChI is InChI=1S/C42H39F4N5O4/c43-37-11-2-1-10-35(37)31-8-5-21-51(28-31)41(54)20-16-33-9-4-12-38(47-33)36(27-39(52)48-55)30-7-3-6-29(26-30)13-19-40(53)50-24-22-49(23-25-50)34-17-14-32(15-18-34)42(44,45)46/h1-4,6-7,9-20,26-27,31,55H,5,8,21-25,28H2,(H,48,52). The Kier molecular flexibility index (Phi) is 12.2. The highest BCUT2D eigenvalue weighted by Crippen LogP contribution is 2.31. The molecule has 2 fully saturated rings. The normalized spacial score (nSPS) is 16.9. The summed E-state index contributed by atoms with van der Waals surface area (Å²) in [4.78, 5) is 48.6. The van der Waals surface area contributed by atoms with Crippen molar-refractivity contribution in [3.8, 4) is 0 Å². The van der Waals surface area contributed by atoms with E-state index in [2.05, 4.69) is 4.98 Å². The Balaban J connectivity index is 1.11. The van der Waals surface area contributed by atoms with Gasteiger partial charge in [-0.25, -0.2) is 14.9 Å². The van der Waals surface area contributed by atoms with Crippen molar-refractivity contribution in [2.24, 2.45) is 0 Å². The molecule has 0 radical (unpaired) electrons. The molecule has 3 heterocycles. The molecule has 1 aromatic heterocycles. The molecule has 1 atom stereocenters. The van der Waals surface area contributed by atoms with Crippen LogP contribution in [-0.4, -0.2) is 77.0 Å². The summed E-state index contributed by atoms with van der Waals surface area (Å²) in [7, 11) is 0. The minimum atomic E-state index is -4.41. The third-order valence-corrected chi connectivity index (χ3v) is 9.67. The first kappa shape index (κ1) is 38.6. The smallest absolute Gasteiger partial charge is 0.368 e. The second kappa shape index (κ2) is 17.4. The van der Waals surface area contributed by atoms with Gasteiger partial charge in [-0.15, -0.1) is 0 Å². The number of carbonyl (C=O) groups excluding carboxylic acids is 3. The first-order valence-electron chi connectivity index (χ1n) is 17.8. The van der Waals surface area contributed by atoms with Crippen molar-refractivity contribution >= 4 is 41.1 Å². The number of benzene rings is 3. The van der Waals surface area contributed by atoms with E-state index in [0.717, 1.165) is 25.0 Å². The zero-order chi connectivity index (χ0) is 39.0. The van der Waals surface area contributed by atoms with Crippen LogP contribution in [0.2, 0.25) is 0 Å². The van der Waals surface area contributed by atoms with Crippen molar-refractivity contribution in [1.29, 1.82) is 0 Å². The third kappa shape index (κ3) is 9.92. The van der Waals surface area contributed by atoms with Crippen LogP contribution in [0.15, 0.2) is 109 Å². The van der Waals surface area contributed by atoms with E-state index >= 15 is 0 Å². The lowest BCUT2D eigenvalue weighted by Gasteiger charge is -2.35. The molecule has 2 N–H and O–H groups in total. The predicted molar refractivity (Wildman–Crippen MR) is 201 cm³/mol. The fourth-order valence-electron chi connectivity index (χ4n) is 6.79. The number of carbonyl (C=O) groups is 3. The maximum atomic E-state index is 14.4. The van der Waals surface area contributed by atoms with Crippen LogP contribution in [0.25, 0.3) is 17.7 Å². The van der Waals surface area contributed by atoms with Gasteiger partial charge in [-0.1, -0.05) is 42.5 Å².